The Bertz CT molecular complexity index is 2960. The highest BCUT2D eigenvalue weighted by atomic mass is 32.1. The van der Waals surface area contributed by atoms with E-state index in [1.54, 1.807) is 17.4 Å². The number of Topliss-reactive ketones (excluding diaryl/α,β-unsaturated/α-hetero) is 1. The molecule has 0 atom stereocenters. The van der Waals surface area contributed by atoms with Crippen LogP contribution in [-0.2, 0) is 56.0 Å². The number of nitro benzene ring substituents is 1. The molecule has 6 aromatic carbocycles. The molecule has 0 amide bonds. The molecule has 7 aromatic rings. The van der Waals surface area contributed by atoms with E-state index in [4.69, 9.17) is 0 Å². The van der Waals surface area contributed by atoms with Crippen molar-refractivity contribution >= 4 is 61.0 Å². The number of para-hydroxylation sites is 1. The fourth-order valence-corrected chi connectivity index (χ4v) is 9.10. The molecule has 31 heteroatoms. The number of fused-ring (bicyclic) bond motifs is 1. The zero-order valence-electron chi connectivity index (χ0n) is 37.5. The third-order valence-electron chi connectivity index (χ3n) is 11.6. The Kier molecular flexibility index (Phi) is 15.7. The lowest BCUT2D eigenvalue weighted by Gasteiger charge is -2.46. The van der Waals surface area contributed by atoms with Crippen LogP contribution < -0.4 is 26.4 Å². The molecule has 0 unspecified atom stereocenters. The molecular formula is C47H23BF24N2O3S. The number of aromatic nitrogens is 1. The van der Waals surface area contributed by atoms with Crippen molar-refractivity contribution in [1.29, 1.82) is 0 Å². The van der Waals surface area contributed by atoms with Crippen molar-refractivity contribution in [3.8, 4) is 0 Å². The van der Waals surface area contributed by atoms with Crippen molar-refractivity contribution in [2.24, 2.45) is 0 Å². The molecule has 0 aliphatic carbocycles. The summed E-state index contributed by atoms with van der Waals surface area (Å²) in [6.45, 7) is 0.172. The van der Waals surface area contributed by atoms with Gasteiger partial charge in [0.2, 0.25) is 23.4 Å². The number of hydrogen-bond donors (Lipinski definition) is 0. The van der Waals surface area contributed by atoms with Crippen molar-refractivity contribution in [3.05, 3.63) is 187 Å². The molecular weight excluding hydrogens is 1140 g/mol. The maximum absolute atomic E-state index is 14.2. The molecule has 7 rings (SSSR count). The molecule has 78 heavy (non-hydrogen) atoms. The summed E-state index contributed by atoms with van der Waals surface area (Å²) in [5, 5.41) is 10.8. The van der Waals surface area contributed by atoms with Crippen LogP contribution in [0.3, 0.4) is 0 Å². The maximum Gasteiger partial charge on any atom is 0.416 e. The minimum absolute atomic E-state index is 0.0685. The van der Waals surface area contributed by atoms with E-state index in [1.807, 2.05) is 34.3 Å². The number of alkyl halides is 24. The summed E-state index contributed by atoms with van der Waals surface area (Å²) in [7, 11) is 0. The molecule has 0 bridgehead atoms. The van der Waals surface area contributed by atoms with E-state index in [1.165, 1.54) is 18.2 Å². The molecule has 0 spiro atoms. The van der Waals surface area contributed by atoms with Gasteiger partial charge in [0.15, 0.2) is 0 Å². The van der Waals surface area contributed by atoms with Crippen LogP contribution in [0.2, 0.25) is 0 Å². The van der Waals surface area contributed by atoms with Crippen LogP contribution in [0, 0.1) is 10.1 Å². The lowest BCUT2D eigenvalue weighted by atomic mass is 9.12. The number of non-ortho nitro benzene ring substituents is 1. The Balaban J connectivity index is 0.000000387. The summed E-state index contributed by atoms with van der Waals surface area (Å²) in [6.07, 6.45) is -54.8. The van der Waals surface area contributed by atoms with Gasteiger partial charge in [-0.3, -0.25) is 14.9 Å². The van der Waals surface area contributed by atoms with Gasteiger partial charge in [0, 0.05) is 23.8 Å². The standard InChI is InChI=1S/C32H12BF24.C15H11N2O3S/c34-25(35,36)13-1-14(26(37,38)39)6-21(5-13)33(22-7-15(27(40,41)42)2-16(8-22)28(43,44)45,23-9-17(29(46,47)48)3-18(10-23)30(49,50)51)24-11-19(31(52,53)54)4-20(12-24)32(55,56)57;18-14(11-4-3-5-12(8-11)17(19)20)9-16-10-21-15-7-2-1-6-13(15)16/h1-12H;1-8,10H,9H2/q-1;+1. The summed E-state index contributed by atoms with van der Waals surface area (Å²) < 4.78 is 344. The summed E-state index contributed by atoms with van der Waals surface area (Å²) in [5.41, 5.74) is -27.0. The van der Waals surface area contributed by atoms with Crippen LogP contribution in [0.4, 0.5) is 111 Å². The zero-order valence-corrected chi connectivity index (χ0v) is 38.3. The van der Waals surface area contributed by atoms with Crippen LogP contribution in [0.25, 0.3) is 10.2 Å². The first-order chi connectivity index (χ1) is 35.4. The van der Waals surface area contributed by atoms with Crippen molar-refractivity contribution in [2.75, 3.05) is 0 Å². The minimum atomic E-state index is -6.13. The molecule has 0 fully saturated rings. The minimum Gasteiger partial charge on any atom is -0.287 e. The SMILES string of the molecule is FC(F)(F)c1cc([B-](c2cc(C(F)(F)F)cc(C(F)(F)F)c2)(c2cc(C(F)(F)F)cc(C(F)(F)F)c2)c2cc(C(F)(F)F)cc(C(F)(F)F)c2)cc(C(F)(F)F)c1.O=C(C[n+]1csc2ccccc21)c1cccc([N+](=O)[O-])c1. The molecule has 0 saturated carbocycles. The van der Waals surface area contributed by atoms with Gasteiger partial charge in [0.1, 0.15) is 10.8 Å². The first-order valence-corrected chi connectivity index (χ1v) is 21.8. The average Bonchev–Trinajstić information content (AvgIpc) is 3.71. The number of rotatable bonds is 8. The van der Waals surface area contributed by atoms with Gasteiger partial charge in [-0.25, -0.2) is 0 Å². The van der Waals surface area contributed by atoms with E-state index in [0.717, 1.165) is 10.2 Å². The van der Waals surface area contributed by atoms with Crippen LogP contribution in [0.1, 0.15) is 54.9 Å². The number of benzene rings is 6. The quantitative estimate of drug-likeness (QED) is 0.0380. The highest BCUT2D eigenvalue weighted by Gasteiger charge is 2.47. The highest BCUT2D eigenvalue weighted by Crippen LogP contribution is 2.41. The maximum atomic E-state index is 14.2. The summed E-state index contributed by atoms with van der Waals surface area (Å²) in [4.78, 5) is 22.6. The Labute approximate surface area is 423 Å². The van der Waals surface area contributed by atoms with Gasteiger partial charge in [0.05, 0.1) is 49.4 Å². The first-order valence-electron chi connectivity index (χ1n) is 20.9. The van der Waals surface area contributed by atoms with Crippen molar-refractivity contribution in [2.45, 2.75) is 56.0 Å². The van der Waals surface area contributed by atoms with Crippen LogP contribution in [-0.4, -0.2) is 16.9 Å². The first kappa shape index (κ1) is 59.9. The molecule has 1 aromatic heterocycles. The summed E-state index contributed by atoms with van der Waals surface area (Å²) in [5.74, 6) is -0.146. The number of hydrogen-bond acceptors (Lipinski definition) is 4. The topological polar surface area (TPSA) is 64.1 Å². The molecule has 416 valence electrons. The van der Waals surface area contributed by atoms with E-state index < -0.39 is 200 Å². The van der Waals surface area contributed by atoms with Gasteiger partial charge in [-0.15, -0.1) is 0 Å². The number of ketones is 1. The third-order valence-corrected chi connectivity index (χ3v) is 12.6. The predicted molar refractivity (Wildman–Crippen MR) is 230 cm³/mol. The van der Waals surface area contributed by atoms with Crippen molar-refractivity contribution in [1.82, 2.24) is 0 Å². The largest absolute Gasteiger partial charge is 0.416 e. The summed E-state index contributed by atoms with van der Waals surface area (Å²) >= 11 is 1.56. The Hall–Kier alpha value is -7.34. The van der Waals surface area contributed by atoms with E-state index in [2.05, 4.69) is 0 Å². The number of carbonyl (C=O) groups is 1. The Morgan fingerprint density at radius 3 is 1.00 bits per heavy atom. The molecule has 1 heterocycles. The molecule has 0 N–H and O–H groups in total. The summed E-state index contributed by atoms with van der Waals surface area (Å²) in [6, 6.07) is 4.83. The molecule has 0 aliphatic heterocycles. The zero-order chi connectivity index (χ0) is 58.7. The average molecular weight is 1160 g/mol. The number of thiazole rings is 1. The van der Waals surface area contributed by atoms with Crippen LogP contribution >= 0.6 is 11.3 Å². The monoisotopic (exact) mass is 1160 g/mol. The smallest absolute Gasteiger partial charge is 0.287 e. The van der Waals surface area contributed by atoms with Gasteiger partial charge in [0.25, 0.3) is 5.69 Å². The van der Waals surface area contributed by atoms with Crippen LogP contribution in [0.15, 0.2) is 127 Å². The third kappa shape index (κ3) is 13.1. The molecule has 0 saturated heterocycles. The fraction of sp³-hybridized carbons (Fsp3) is 0.191. The highest BCUT2D eigenvalue weighted by molar-refractivity contribution is 7.20. The van der Waals surface area contributed by atoms with Gasteiger partial charge >= 0.3 is 49.4 Å². The second-order valence-electron chi connectivity index (χ2n) is 16.8. The number of halogens is 24. The van der Waals surface area contributed by atoms with E-state index >= 15 is 0 Å². The molecule has 5 nitrogen and oxygen atoms in total. The van der Waals surface area contributed by atoms with Crippen LogP contribution in [0.5, 0.6) is 0 Å². The van der Waals surface area contributed by atoms with Gasteiger partial charge in [-0.1, -0.05) is 84.1 Å². The normalized spacial score (nSPS) is 13.3. The van der Waals surface area contributed by atoms with E-state index in [9.17, 15) is 120 Å². The lowest BCUT2D eigenvalue weighted by molar-refractivity contribution is -0.652. The van der Waals surface area contributed by atoms with E-state index in [0.29, 0.717) is 5.56 Å². The van der Waals surface area contributed by atoms with E-state index in [-0.39, 0.29) is 18.0 Å². The lowest BCUT2D eigenvalue weighted by Crippen LogP contribution is -2.75. The Morgan fingerprint density at radius 1 is 0.423 bits per heavy atom. The second-order valence-corrected chi connectivity index (χ2v) is 17.7. The second kappa shape index (κ2) is 20.5. The van der Waals surface area contributed by atoms with Crippen molar-refractivity contribution < 1.29 is 120 Å². The predicted octanol–water partition coefficient (Wildman–Crippen LogP) is 14.2. The van der Waals surface area contributed by atoms with Crippen molar-refractivity contribution in [3.63, 3.8) is 0 Å². The number of carbonyl (C=O) groups excluding carboxylic acids is 1. The molecule has 0 radical (unpaired) electrons. The van der Waals surface area contributed by atoms with Gasteiger partial charge in [-0.2, -0.15) is 132 Å². The number of nitrogens with zero attached hydrogens (tertiary/aromatic N) is 2. The van der Waals surface area contributed by atoms with Gasteiger partial charge in [-0.05, 0) is 30.3 Å². The van der Waals surface area contributed by atoms with Gasteiger partial charge < -0.3 is 0 Å². The molecule has 0 aliphatic rings. The number of nitro groups is 1. The fourth-order valence-electron chi connectivity index (χ4n) is 8.20. The Morgan fingerprint density at radius 2 is 0.718 bits per heavy atom.